The molecule has 0 bridgehead atoms. The summed E-state index contributed by atoms with van der Waals surface area (Å²) in [6.07, 6.45) is 0. The zero-order chi connectivity index (χ0) is 17.6. The van der Waals surface area contributed by atoms with E-state index >= 15 is 0 Å². The lowest BCUT2D eigenvalue weighted by atomic mass is 9.98. The molecule has 1 aromatic heterocycles. The number of nitrogen functional groups attached to an aromatic ring is 2. The van der Waals surface area contributed by atoms with Gasteiger partial charge >= 0.3 is 0 Å². The largest absolute Gasteiger partial charge is 1.00 e. The maximum Gasteiger partial charge on any atom is 0.220 e. The van der Waals surface area contributed by atoms with E-state index in [0.717, 1.165) is 27.9 Å². The molecule has 0 atom stereocenters. The number of halogens is 1. The summed E-state index contributed by atoms with van der Waals surface area (Å²) >= 11 is 0. The lowest BCUT2D eigenvalue weighted by Gasteiger charge is -2.11. The average molecular weight is 366 g/mol. The third kappa shape index (κ3) is 2.78. The van der Waals surface area contributed by atoms with Crippen LogP contribution in [0, 0.1) is 0 Å². The number of hydrogen-bond acceptors (Lipinski definition) is 3. The Morgan fingerprint density at radius 3 is 2.19 bits per heavy atom. The van der Waals surface area contributed by atoms with Crippen LogP contribution in [0.1, 0.15) is 0 Å². The molecule has 0 aliphatic carbocycles. The molecule has 5 heteroatoms. The normalized spacial score (nSPS) is 10.7. The van der Waals surface area contributed by atoms with Crippen LogP contribution in [0.25, 0.3) is 32.9 Å². The fourth-order valence-corrected chi connectivity index (χ4v) is 3.54. The Hall–Kier alpha value is -2.98. The molecule has 1 heterocycles. The molecule has 132 valence electrons. The van der Waals surface area contributed by atoms with Crippen LogP contribution in [0.2, 0.25) is 0 Å². The van der Waals surface area contributed by atoms with Crippen molar-refractivity contribution in [2.45, 2.75) is 0 Å². The maximum atomic E-state index is 6.05. The number of nitrogens with two attached hydrogens (primary N) is 2. The van der Waals surface area contributed by atoms with Crippen molar-refractivity contribution in [2.24, 2.45) is 7.05 Å². The lowest BCUT2D eigenvalue weighted by molar-refractivity contribution is -0.632. The number of ether oxygens (including phenoxy) is 1. The van der Waals surface area contributed by atoms with E-state index in [1.807, 2.05) is 18.2 Å². The summed E-state index contributed by atoms with van der Waals surface area (Å²) in [6, 6.07) is 20.2. The molecule has 4 rings (SSSR count). The predicted octanol–water partition coefficient (Wildman–Crippen LogP) is 0.661. The number of aromatic nitrogens is 1. The van der Waals surface area contributed by atoms with Gasteiger partial charge in [0, 0.05) is 22.8 Å². The van der Waals surface area contributed by atoms with Crippen molar-refractivity contribution in [3.8, 4) is 17.0 Å². The number of benzene rings is 3. The van der Waals surface area contributed by atoms with Crippen molar-refractivity contribution >= 4 is 33.1 Å². The van der Waals surface area contributed by atoms with Gasteiger partial charge in [-0.3, -0.25) is 0 Å². The topological polar surface area (TPSA) is 65.1 Å². The maximum absolute atomic E-state index is 6.05. The van der Waals surface area contributed by atoms with Crippen molar-refractivity contribution in [1.82, 2.24) is 0 Å². The number of methoxy groups -OCH3 is 1. The van der Waals surface area contributed by atoms with E-state index in [1.54, 1.807) is 13.2 Å². The summed E-state index contributed by atoms with van der Waals surface area (Å²) in [5.41, 5.74) is 16.6. The summed E-state index contributed by atoms with van der Waals surface area (Å²) in [5.74, 6) is 0.820. The molecule has 4 N–H and O–H groups in total. The van der Waals surface area contributed by atoms with E-state index < -0.39 is 0 Å². The zero-order valence-electron chi connectivity index (χ0n) is 14.7. The van der Waals surface area contributed by atoms with Crippen molar-refractivity contribution in [1.29, 1.82) is 0 Å². The van der Waals surface area contributed by atoms with Crippen LogP contribution in [-0.4, -0.2) is 7.11 Å². The minimum atomic E-state index is 0. The first-order chi connectivity index (χ1) is 12.1. The van der Waals surface area contributed by atoms with Crippen LogP contribution in [0.4, 0.5) is 11.4 Å². The third-order valence-electron chi connectivity index (χ3n) is 4.62. The van der Waals surface area contributed by atoms with Crippen LogP contribution in [0.3, 0.4) is 0 Å². The SMILES string of the molecule is COc1ccc2c(c1)c(-c1cc(N)cc(N)c1)[n+](C)c1ccccc21.[Cl-]. The molecular weight excluding hydrogens is 346 g/mol. The number of anilines is 2. The van der Waals surface area contributed by atoms with E-state index in [2.05, 4.69) is 48.0 Å². The monoisotopic (exact) mass is 365 g/mol. The van der Waals surface area contributed by atoms with Crippen LogP contribution >= 0.6 is 0 Å². The molecule has 0 saturated carbocycles. The second-order valence-corrected chi connectivity index (χ2v) is 6.22. The van der Waals surface area contributed by atoms with Crippen LogP contribution in [0.5, 0.6) is 5.75 Å². The molecule has 0 spiro atoms. The molecule has 0 aliphatic rings. The summed E-state index contributed by atoms with van der Waals surface area (Å²) in [7, 11) is 3.75. The fourth-order valence-electron chi connectivity index (χ4n) is 3.54. The number of pyridine rings is 1. The molecule has 3 aromatic carbocycles. The Kier molecular flexibility index (Phi) is 4.62. The van der Waals surface area contributed by atoms with Crippen LogP contribution < -0.4 is 33.2 Å². The molecule has 0 fully saturated rings. The lowest BCUT2D eigenvalue weighted by Crippen LogP contribution is -3.00. The fraction of sp³-hybridized carbons (Fsp3) is 0.0952. The molecule has 0 aliphatic heterocycles. The van der Waals surface area contributed by atoms with E-state index in [1.165, 1.54) is 10.8 Å². The molecule has 0 saturated heterocycles. The number of para-hydroxylation sites is 1. The standard InChI is InChI=1S/C21H20N3O.ClH/c1-24-20-6-4-3-5-18(20)17-8-7-16(25-2)12-19(17)21(24)13-9-14(22)11-15(23)10-13;/h3-12H,22-23H2,1-2H3;1H/q+1;/p-1. The number of nitrogens with zero attached hydrogens (tertiary/aromatic N) is 1. The van der Waals surface area contributed by atoms with Gasteiger partial charge in [0.1, 0.15) is 12.8 Å². The van der Waals surface area contributed by atoms with Gasteiger partial charge in [-0.25, -0.2) is 0 Å². The quantitative estimate of drug-likeness (QED) is 0.311. The summed E-state index contributed by atoms with van der Waals surface area (Å²) in [6.45, 7) is 0. The van der Waals surface area contributed by atoms with E-state index in [9.17, 15) is 0 Å². The van der Waals surface area contributed by atoms with Gasteiger partial charge in [0.05, 0.1) is 23.4 Å². The van der Waals surface area contributed by atoms with Crippen molar-refractivity contribution in [2.75, 3.05) is 18.6 Å². The van der Waals surface area contributed by atoms with E-state index in [0.29, 0.717) is 11.4 Å². The third-order valence-corrected chi connectivity index (χ3v) is 4.62. The second-order valence-electron chi connectivity index (χ2n) is 6.22. The number of hydrogen-bond donors (Lipinski definition) is 2. The van der Waals surface area contributed by atoms with Crippen LogP contribution in [0.15, 0.2) is 60.7 Å². The van der Waals surface area contributed by atoms with Gasteiger partial charge < -0.3 is 28.6 Å². The Bertz CT molecular complexity index is 1100. The van der Waals surface area contributed by atoms with Gasteiger partial charge in [-0.1, -0.05) is 12.1 Å². The Labute approximate surface area is 158 Å². The molecule has 26 heavy (non-hydrogen) atoms. The summed E-state index contributed by atoms with van der Waals surface area (Å²) in [4.78, 5) is 0. The van der Waals surface area contributed by atoms with Crippen LogP contribution in [-0.2, 0) is 7.05 Å². The molecule has 0 radical (unpaired) electrons. The Morgan fingerprint density at radius 1 is 0.808 bits per heavy atom. The minimum absolute atomic E-state index is 0. The summed E-state index contributed by atoms with van der Waals surface area (Å²) in [5, 5.41) is 3.47. The van der Waals surface area contributed by atoms with Gasteiger partial charge in [0.25, 0.3) is 0 Å². The average Bonchev–Trinajstić information content (AvgIpc) is 2.61. The number of fused-ring (bicyclic) bond motifs is 3. The second kappa shape index (κ2) is 6.73. The van der Waals surface area contributed by atoms with Gasteiger partial charge in [-0.15, -0.1) is 0 Å². The van der Waals surface area contributed by atoms with E-state index in [-0.39, 0.29) is 12.4 Å². The van der Waals surface area contributed by atoms with Gasteiger partial charge in [0.2, 0.25) is 11.2 Å². The molecule has 4 aromatic rings. The highest BCUT2D eigenvalue weighted by atomic mass is 35.5. The van der Waals surface area contributed by atoms with Crippen molar-refractivity contribution < 1.29 is 21.7 Å². The number of rotatable bonds is 2. The summed E-state index contributed by atoms with van der Waals surface area (Å²) < 4.78 is 7.64. The van der Waals surface area contributed by atoms with Crippen molar-refractivity contribution in [3.63, 3.8) is 0 Å². The first-order valence-corrected chi connectivity index (χ1v) is 8.13. The van der Waals surface area contributed by atoms with Gasteiger partial charge in [0.15, 0.2) is 0 Å². The smallest absolute Gasteiger partial charge is 0.220 e. The Balaban J connectivity index is 0.00000196. The van der Waals surface area contributed by atoms with Gasteiger partial charge in [-0.2, -0.15) is 4.57 Å². The first kappa shape index (κ1) is 17.8. The Morgan fingerprint density at radius 2 is 1.50 bits per heavy atom. The minimum Gasteiger partial charge on any atom is -1.00 e. The van der Waals surface area contributed by atoms with Crippen molar-refractivity contribution in [3.05, 3.63) is 60.7 Å². The molecule has 0 amide bonds. The number of aryl methyl sites for hydroxylation is 1. The highest BCUT2D eigenvalue weighted by molar-refractivity contribution is 6.09. The van der Waals surface area contributed by atoms with E-state index in [4.69, 9.17) is 16.2 Å². The zero-order valence-corrected chi connectivity index (χ0v) is 15.4. The highest BCUT2D eigenvalue weighted by Gasteiger charge is 2.21. The highest BCUT2D eigenvalue weighted by Crippen LogP contribution is 2.34. The first-order valence-electron chi connectivity index (χ1n) is 8.13. The molecular formula is C21H20ClN3O. The van der Waals surface area contributed by atoms with Gasteiger partial charge in [-0.05, 0) is 42.5 Å². The predicted molar refractivity (Wildman–Crippen MR) is 103 cm³/mol. The molecule has 4 nitrogen and oxygen atoms in total. The molecule has 0 unspecified atom stereocenters.